The molecule has 0 radical (unpaired) electrons. The van der Waals surface area contributed by atoms with Gasteiger partial charge in [-0.05, 0) is 60.6 Å². The molecule has 3 rings (SSSR count). The maximum atomic E-state index is 10.7. The molecule has 3 heteroatoms. The Labute approximate surface area is 237 Å². The molecule has 3 nitrogen and oxygen atoms in total. The van der Waals surface area contributed by atoms with Crippen LogP contribution in [0.2, 0.25) is 0 Å². The summed E-state index contributed by atoms with van der Waals surface area (Å²) < 4.78 is 12.6. The molecule has 0 saturated carbocycles. The summed E-state index contributed by atoms with van der Waals surface area (Å²) >= 11 is 0. The van der Waals surface area contributed by atoms with E-state index in [0.717, 1.165) is 35.5 Å². The fraction of sp³-hybridized carbons (Fsp3) is 0.500. The van der Waals surface area contributed by atoms with Crippen molar-refractivity contribution in [3.63, 3.8) is 0 Å². The van der Waals surface area contributed by atoms with Gasteiger partial charge in [-0.3, -0.25) is 0 Å². The normalized spacial score (nSPS) is 11.0. The summed E-state index contributed by atoms with van der Waals surface area (Å²) in [5, 5.41) is 10.7. The third-order valence-corrected chi connectivity index (χ3v) is 7.55. The maximum Gasteiger partial charge on any atom is 0.123 e. The summed E-state index contributed by atoms with van der Waals surface area (Å²) in [7, 11) is 0. The van der Waals surface area contributed by atoms with E-state index in [2.05, 4.69) is 44.2 Å². The molecule has 0 unspecified atom stereocenters. The van der Waals surface area contributed by atoms with Crippen molar-refractivity contribution < 1.29 is 14.6 Å². The van der Waals surface area contributed by atoms with E-state index >= 15 is 0 Å². The molecule has 0 atom stereocenters. The third-order valence-electron chi connectivity index (χ3n) is 7.55. The van der Waals surface area contributed by atoms with Gasteiger partial charge in [-0.1, -0.05) is 127 Å². The van der Waals surface area contributed by atoms with Crippen molar-refractivity contribution in [1.29, 1.82) is 0 Å². The second kappa shape index (κ2) is 18.4. The molecule has 0 aliphatic heterocycles. The molecule has 3 aromatic rings. The Morgan fingerprint density at radius 1 is 0.487 bits per heavy atom. The topological polar surface area (TPSA) is 38.7 Å². The molecule has 0 aliphatic carbocycles. The lowest BCUT2D eigenvalue weighted by Gasteiger charge is -2.17. The lowest BCUT2D eigenvalue weighted by Crippen LogP contribution is -2.06. The standard InChI is InChI=1S/C36H50O3/c1-3-5-7-9-11-13-20-30-22-15-17-26-35(30)38-28-32-24-19-25-34(37)33(32)29-39-36-27-18-16-23-31(36)21-14-12-10-8-6-4-2/h15-19,22-27,37H,3-14,20-21,28-29H2,1-2H3. The minimum absolute atomic E-state index is 0.255. The number of hydrogen-bond acceptors (Lipinski definition) is 3. The molecule has 1 N–H and O–H groups in total. The SMILES string of the molecule is CCCCCCCCc1ccccc1OCc1cccc(O)c1COc1ccccc1CCCCCCCC. The smallest absolute Gasteiger partial charge is 0.123 e. The predicted octanol–water partition coefficient (Wildman–Crippen LogP) is 10.4. The van der Waals surface area contributed by atoms with E-state index in [4.69, 9.17) is 9.47 Å². The molecule has 0 saturated heterocycles. The molecular weight excluding hydrogens is 480 g/mol. The van der Waals surface area contributed by atoms with Crippen LogP contribution >= 0.6 is 0 Å². The first-order valence-corrected chi connectivity index (χ1v) is 15.4. The Bertz CT molecular complexity index is 1070. The average Bonchev–Trinajstić information content (AvgIpc) is 2.96. The minimum atomic E-state index is 0.255. The van der Waals surface area contributed by atoms with E-state index in [1.54, 1.807) is 6.07 Å². The Kier molecular flexibility index (Phi) is 14.4. The van der Waals surface area contributed by atoms with Crippen LogP contribution in [0.5, 0.6) is 17.2 Å². The number of phenols is 1. The van der Waals surface area contributed by atoms with Gasteiger partial charge in [-0.2, -0.15) is 0 Å². The van der Waals surface area contributed by atoms with Crippen molar-refractivity contribution in [3.05, 3.63) is 89.0 Å². The quantitative estimate of drug-likeness (QED) is 0.148. The lowest BCUT2D eigenvalue weighted by atomic mass is 10.0. The maximum absolute atomic E-state index is 10.7. The number of phenolic OH excluding ortho intramolecular Hbond substituents is 1. The molecule has 0 bridgehead atoms. The second-order valence-electron chi connectivity index (χ2n) is 10.7. The summed E-state index contributed by atoms with van der Waals surface area (Å²) in [6.07, 6.45) is 17.5. The zero-order valence-corrected chi connectivity index (χ0v) is 24.4. The summed E-state index contributed by atoms with van der Waals surface area (Å²) in [5.74, 6) is 2.10. The van der Waals surface area contributed by atoms with Gasteiger partial charge in [0.2, 0.25) is 0 Å². The molecule has 212 valence electrons. The number of unbranched alkanes of at least 4 members (excludes halogenated alkanes) is 10. The van der Waals surface area contributed by atoms with E-state index in [-0.39, 0.29) is 5.75 Å². The first-order chi connectivity index (χ1) is 19.2. The van der Waals surface area contributed by atoms with Gasteiger partial charge in [0.05, 0.1) is 0 Å². The van der Waals surface area contributed by atoms with Crippen molar-refractivity contribution in [2.24, 2.45) is 0 Å². The van der Waals surface area contributed by atoms with Crippen LogP contribution in [-0.4, -0.2) is 5.11 Å². The van der Waals surface area contributed by atoms with E-state index < -0.39 is 0 Å². The number of benzene rings is 3. The van der Waals surface area contributed by atoms with Crippen LogP contribution in [-0.2, 0) is 26.1 Å². The molecule has 0 heterocycles. The van der Waals surface area contributed by atoms with Crippen molar-refractivity contribution in [2.75, 3.05) is 0 Å². The van der Waals surface area contributed by atoms with E-state index in [9.17, 15) is 5.11 Å². The molecule has 0 aromatic heterocycles. The number of rotatable bonds is 20. The lowest BCUT2D eigenvalue weighted by molar-refractivity contribution is 0.277. The van der Waals surface area contributed by atoms with Crippen molar-refractivity contribution in [2.45, 2.75) is 117 Å². The van der Waals surface area contributed by atoms with Gasteiger partial charge in [-0.25, -0.2) is 0 Å². The second-order valence-corrected chi connectivity index (χ2v) is 10.7. The number of para-hydroxylation sites is 2. The molecule has 0 fully saturated rings. The highest BCUT2D eigenvalue weighted by Crippen LogP contribution is 2.28. The Morgan fingerprint density at radius 2 is 0.949 bits per heavy atom. The zero-order chi connectivity index (χ0) is 27.5. The molecule has 0 amide bonds. The summed E-state index contributed by atoms with van der Waals surface area (Å²) in [6.45, 7) is 5.23. The third kappa shape index (κ3) is 11.0. The van der Waals surface area contributed by atoms with Crippen molar-refractivity contribution in [1.82, 2.24) is 0 Å². The number of hydrogen-bond donors (Lipinski definition) is 1. The van der Waals surface area contributed by atoms with Crippen LogP contribution in [0.3, 0.4) is 0 Å². The Balaban J connectivity index is 1.57. The molecule has 0 spiro atoms. The van der Waals surface area contributed by atoms with Gasteiger partial charge in [0.1, 0.15) is 30.5 Å². The number of ether oxygens (including phenoxy) is 2. The summed E-state index contributed by atoms with van der Waals surface area (Å²) in [4.78, 5) is 0. The minimum Gasteiger partial charge on any atom is -0.508 e. The predicted molar refractivity (Wildman–Crippen MR) is 164 cm³/mol. The number of aromatic hydroxyl groups is 1. The van der Waals surface area contributed by atoms with Gasteiger partial charge in [0.15, 0.2) is 0 Å². The first kappa shape index (κ1) is 30.6. The first-order valence-electron chi connectivity index (χ1n) is 15.4. The fourth-order valence-corrected chi connectivity index (χ4v) is 5.12. The van der Waals surface area contributed by atoms with Crippen LogP contribution in [0.4, 0.5) is 0 Å². The largest absolute Gasteiger partial charge is 0.508 e. The van der Waals surface area contributed by atoms with E-state index in [0.29, 0.717) is 13.2 Å². The molecular formula is C36H50O3. The average molecular weight is 531 g/mol. The number of aryl methyl sites for hydroxylation is 2. The van der Waals surface area contributed by atoms with Gasteiger partial charge in [-0.15, -0.1) is 0 Å². The van der Waals surface area contributed by atoms with Crippen molar-refractivity contribution in [3.8, 4) is 17.2 Å². The van der Waals surface area contributed by atoms with E-state index in [1.165, 1.54) is 88.2 Å². The molecule has 39 heavy (non-hydrogen) atoms. The molecule has 0 aliphatic rings. The van der Waals surface area contributed by atoms with E-state index in [1.807, 2.05) is 30.3 Å². The monoisotopic (exact) mass is 530 g/mol. The zero-order valence-electron chi connectivity index (χ0n) is 24.4. The van der Waals surface area contributed by atoms with Gasteiger partial charge in [0.25, 0.3) is 0 Å². The van der Waals surface area contributed by atoms with Gasteiger partial charge >= 0.3 is 0 Å². The van der Waals surface area contributed by atoms with Crippen LogP contribution in [0.25, 0.3) is 0 Å². The Morgan fingerprint density at radius 3 is 1.51 bits per heavy atom. The Hall–Kier alpha value is -2.94. The van der Waals surface area contributed by atoms with Crippen LogP contribution in [0.15, 0.2) is 66.7 Å². The van der Waals surface area contributed by atoms with Crippen LogP contribution in [0, 0.1) is 0 Å². The molecule has 3 aromatic carbocycles. The summed E-state index contributed by atoms with van der Waals surface area (Å²) in [6, 6.07) is 22.3. The summed E-state index contributed by atoms with van der Waals surface area (Å²) in [5.41, 5.74) is 4.25. The fourth-order valence-electron chi connectivity index (χ4n) is 5.12. The van der Waals surface area contributed by atoms with Crippen molar-refractivity contribution >= 4 is 0 Å². The van der Waals surface area contributed by atoms with Gasteiger partial charge in [0, 0.05) is 5.56 Å². The highest BCUT2D eigenvalue weighted by atomic mass is 16.5. The highest BCUT2D eigenvalue weighted by Gasteiger charge is 2.12. The highest BCUT2D eigenvalue weighted by molar-refractivity contribution is 5.41. The van der Waals surface area contributed by atoms with Crippen LogP contribution in [0.1, 0.15) is 113 Å². The van der Waals surface area contributed by atoms with Gasteiger partial charge < -0.3 is 14.6 Å². The van der Waals surface area contributed by atoms with Crippen LogP contribution < -0.4 is 9.47 Å².